The van der Waals surface area contributed by atoms with Crippen LogP contribution in [0.2, 0.25) is 0 Å². The first-order chi connectivity index (χ1) is 15.4. The molecule has 2 aliphatic heterocycles. The molecule has 182 valence electrons. The van der Waals surface area contributed by atoms with Crippen LogP contribution in [0.1, 0.15) is 57.5 Å². The van der Waals surface area contributed by atoms with Crippen LogP contribution >= 0.6 is 12.4 Å². The number of carbonyl (C=O) groups is 1. The molecule has 1 aromatic heterocycles. The van der Waals surface area contributed by atoms with Crippen LogP contribution in [0.25, 0.3) is 0 Å². The van der Waals surface area contributed by atoms with Gasteiger partial charge < -0.3 is 19.1 Å². The van der Waals surface area contributed by atoms with E-state index in [1.807, 2.05) is 6.07 Å². The number of rotatable bonds is 7. The zero-order chi connectivity index (χ0) is 22.7. The number of halogens is 1. The predicted molar refractivity (Wildman–Crippen MR) is 136 cm³/mol. The van der Waals surface area contributed by atoms with Crippen molar-refractivity contribution in [2.24, 2.45) is 7.05 Å². The molecule has 2 fully saturated rings. The minimum Gasteiger partial charge on any atom is -0.489 e. The summed E-state index contributed by atoms with van der Waals surface area (Å²) in [6.07, 6.45) is 3.01. The van der Waals surface area contributed by atoms with Crippen molar-refractivity contribution in [3.63, 3.8) is 0 Å². The number of carbonyl (C=O) groups excluding carboxylic acids is 1. The number of piperazine rings is 1. The molecule has 0 bridgehead atoms. The molecular formula is C26H39ClN4O2. The molecule has 0 saturated carbocycles. The van der Waals surface area contributed by atoms with Crippen LogP contribution in [0.5, 0.6) is 5.75 Å². The fourth-order valence-electron chi connectivity index (χ4n) is 4.99. The van der Waals surface area contributed by atoms with Gasteiger partial charge in [0, 0.05) is 64.1 Å². The molecule has 0 aliphatic carbocycles. The highest BCUT2D eigenvalue weighted by Gasteiger charge is 2.27. The molecule has 7 heteroatoms. The maximum absolute atomic E-state index is 12.4. The van der Waals surface area contributed by atoms with Crippen LogP contribution in [0.3, 0.4) is 0 Å². The summed E-state index contributed by atoms with van der Waals surface area (Å²) >= 11 is 0. The average Bonchev–Trinajstić information content (AvgIpc) is 3.14. The molecule has 0 radical (unpaired) electrons. The lowest BCUT2D eigenvalue weighted by atomic mass is 10.1. The third-order valence-electron chi connectivity index (χ3n) is 6.85. The van der Waals surface area contributed by atoms with Crippen molar-refractivity contribution in [2.45, 2.75) is 58.7 Å². The van der Waals surface area contributed by atoms with E-state index in [1.54, 1.807) is 0 Å². The summed E-state index contributed by atoms with van der Waals surface area (Å²) in [5.74, 6) is 1.27. The molecule has 1 atom stereocenters. The SMILES string of the molecule is CC(C)Oc1ccccc1N1CCN(Cc2ccc(C(C)N3CCCCC3=O)n2C)CC1.Cl. The smallest absolute Gasteiger partial charge is 0.223 e. The van der Waals surface area contributed by atoms with Crippen LogP contribution in [-0.2, 0) is 18.4 Å². The van der Waals surface area contributed by atoms with Gasteiger partial charge in [-0.25, -0.2) is 0 Å². The van der Waals surface area contributed by atoms with Gasteiger partial charge in [0.2, 0.25) is 5.91 Å². The van der Waals surface area contributed by atoms with E-state index in [4.69, 9.17) is 4.74 Å². The zero-order valence-corrected chi connectivity index (χ0v) is 21.3. The lowest BCUT2D eigenvalue weighted by Gasteiger charge is -2.37. The third-order valence-corrected chi connectivity index (χ3v) is 6.85. The number of likely N-dealkylation sites (tertiary alicyclic amines) is 1. The first-order valence-electron chi connectivity index (χ1n) is 12.1. The molecule has 2 saturated heterocycles. The Kier molecular flexibility index (Phi) is 8.71. The molecule has 0 N–H and O–H groups in total. The Morgan fingerprint density at radius 3 is 2.36 bits per heavy atom. The molecule has 2 aromatic rings. The molecule has 3 heterocycles. The van der Waals surface area contributed by atoms with Crippen molar-refractivity contribution in [1.29, 1.82) is 0 Å². The number of anilines is 1. The highest BCUT2D eigenvalue weighted by molar-refractivity contribution is 5.85. The van der Waals surface area contributed by atoms with Crippen LogP contribution in [0.4, 0.5) is 5.69 Å². The van der Waals surface area contributed by atoms with Crippen molar-refractivity contribution in [3.05, 3.63) is 47.8 Å². The Morgan fingerprint density at radius 2 is 1.67 bits per heavy atom. The summed E-state index contributed by atoms with van der Waals surface area (Å²) < 4.78 is 8.33. The Hall–Kier alpha value is -2.18. The van der Waals surface area contributed by atoms with E-state index in [1.165, 1.54) is 17.1 Å². The first-order valence-corrected chi connectivity index (χ1v) is 12.1. The molecule has 0 spiro atoms. The fraction of sp³-hybridized carbons (Fsp3) is 0.577. The first kappa shape index (κ1) is 25.4. The van der Waals surface area contributed by atoms with Crippen molar-refractivity contribution in [3.8, 4) is 5.75 Å². The van der Waals surface area contributed by atoms with Crippen LogP contribution < -0.4 is 9.64 Å². The maximum Gasteiger partial charge on any atom is 0.223 e. The van der Waals surface area contributed by atoms with Crippen LogP contribution in [0.15, 0.2) is 36.4 Å². The maximum atomic E-state index is 12.4. The minimum atomic E-state index is 0. The quantitative estimate of drug-likeness (QED) is 0.586. The van der Waals surface area contributed by atoms with E-state index in [9.17, 15) is 4.79 Å². The largest absolute Gasteiger partial charge is 0.489 e. The Balaban J connectivity index is 0.00000306. The zero-order valence-electron chi connectivity index (χ0n) is 20.5. The molecule has 4 rings (SSSR count). The topological polar surface area (TPSA) is 41.0 Å². The van der Waals surface area contributed by atoms with E-state index in [2.05, 4.69) is 77.4 Å². The van der Waals surface area contributed by atoms with Crippen LogP contribution in [-0.4, -0.2) is 59.1 Å². The molecule has 1 unspecified atom stereocenters. The van der Waals surface area contributed by atoms with Crippen molar-refractivity contribution >= 4 is 24.0 Å². The number of ether oxygens (including phenoxy) is 1. The van der Waals surface area contributed by atoms with Gasteiger partial charge in [0.05, 0.1) is 17.8 Å². The van der Waals surface area contributed by atoms with Gasteiger partial charge in [0.25, 0.3) is 0 Å². The van der Waals surface area contributed by atoms with Gasteiger partial charge in [-0.2, -0.15) is 0 Å². The Bertz CT molecular complexity index is 921. The van der Waals surface area contributed by atoms with Crippen LogP contribution in [0, 0.1) is 0 Å². The van der Waals surface area contributed by atoms with Crippen molar-refractivity contribution < 1.29 is 9.53 Å². The second-order valence-corrected chi connectivity index (χ2v) is 9.43. The molecule has 2 aliphatic rings. The molecule has 1 aromatic carbocycles. The Morgan fingerprint density at radius 1 is 0.939 bits per heavy atom. The van der Waals surface area contributed by atoms with E-state index < -0.39 is 0 Å². The van der Waals surface area contributed by atoms with E-state index >= 15 is 0 Å². The van der Waals surface area contributed by atoms with Gasteiger partial charge in [0.15, 0.2) is 0 Å². The van der Waals surface area contributed by atoms with Crippen molar-refractivity contribution in [2.75, 3.05) is 37.6 Å². The highest BCUT2D eigenvalue weighted by Crippen LogP contribution is 2.30. The highest BCUT2D eigenvalue weighted by atomic mass is 35.5. The number of amides is 1. The summed E-state index contributed by atoms with van der Waals surface area (Å²) in [4.78, 5) is 19.4. The number of hydrogen-bond donors (Lipinski definition) is 0. The third kappa shape index (κ3) is 5.85. The average molecular weight is 475 g/mol. The molecule has 6 nitrogen and oxygen atoms in total. The lowest BCUT2D eigenvalue weighted by molar-refractivity contribution is -0.135. The van der Waals surface area contributed by atoms with Gasteiger partial charge in [0.1, 0.15) is 5.75 Å². The van der Waals surface area contributed by atoms with Gasteiger partial charge >= 0.3 is 0 Å². The monoisotopic (exact) mass is 474 g/mol. The summed E-state index contributed by atoms with van der Waals surface area (Å²) in [6.45, 7) is 12.2. The summed E-state index contributed by atoms with van der Waals surface area (Å²) in [6, 6.07) is 12.9. The fourth-order valence-corrected chi connectivity index (χ4v) is 4.99. The number of benzene rings is 1. The van der Waals surface area contributed by atoms with Gasteiger partial charge in [-0.15, -0.1) is 12.4 Å². The van der Waals surface area contributed by atoms with Crippen molar-refractivity contribution in [1.82, 2.24) is 14.4 Å². The number of piperidine rings is 1. The number of nitrogens with zero attached hydrogens (tertiary/aromatic N) is 4. The minimum absolute atomic E-state index is 0. The van der Waals surface area contributed by atoms with E-state index in [0.29, 0.717) is 12.3 Å². The number of para-hydroxylation sites is 2. The summed E-state index contributed by atoms with van der Waals surface area (Å²) in [5, 5.41) is 0. The second kappa shape index (κ2) is 11.3. The lowest BCUT2D eigenvalue weighted by Crippen LogP contribution is -2.46. The molecular weight excluding hydrogens is 436 g/mol. The summed E-state index contributed by atoms with van der Waals surface area (Å²) in [5.41, 5.74) is 3.74. The predicted octanol–water partition coefficient (Wildman–Crippen LogP) is 4.63. The van der Waals surface area contributed by atoms with E-state index in [0.717, 1.165) is 57.9 Å². The number of hydrogen-bond acceptors (Lipinski definition) is 4. The van der Waals surface area contributed by atoms with Gasteiger partial charge in [-0.3, -0.25) is 9.69 Å². The second-order valence-electron chi connectivity index (χ2n) is 9.43. The molecule has 33 heavy (non-hydrogen) atoms. The Labute approximate surface area is 204 Å². The molecule has 1 amide bonds. The summed E-state index contributed by atoms with van der Waals surface area (Å²) in [7, 11) is 2.14. The normalized spacial score (nSPS) is 18.4. The number of aromatic nitrogens is 1. The van der Waals surface area contributed by atoms with Gasteiger partial charge in [-0.1, -0.05) is 12.1 Å². The standard InChI is InChI=1S/C26H38N4O2.ClH/c1-20(2)32-25-10-6-5-9-24(25)29-17-15-28(16-18-29)19-22-12-13-23(27(22)4)21(3)30-14-8-7-11-26(30)31;/h5-6,9-10,12-13,20-21H,7-8,11,14-19H2,1-4H3;1H. The van der Waals surface area contributed by atoms with E-state index in [-0.39, 0.29) is 24.6 Å². The van der Waals surface area contributed by atoms with Gasteiger partial charge in [-0.05, 0) is 57.9 Å².